The SMILES string of the molecule is O=C(Cc1coc2ccc3ccccc3c12)Nc1ccc(S(=O)(=O)N2CCC(Cc3ccccc3)CC2)cc1. The average Bonchev–Trinajstić information content (AvgIpc) is 3.37. The number of amides is 1. The maximum Gasteiger partial charge on any atom is 0.243 e. The van der Waals surface area contributed by atoms with Gasteiger partial charge in [-0.15, -0.1) is 0 Å². The molecule has 1 fully saturated rings. The van der Waals surface area contributed by atoms with Crippen molar-refractivity contribution in [1.82, 2.24) is 4.31 Å². The van der Waals surface area contributed by atoms with Crippen molar-refractivity contribution >= 4 is 43.4 Å². The number of carbonyl (C=O) groups excluding carboxylic acids is 1. The fraction of sp³-hybridized carbons (Fsp3) is 0.219. The third-order valence-corrected chi connectivity index (χ3v) is 9.52. The summed E-state index contributed by atoms with van der Waals surface area (Å²) in [7, 11) is -3.58. The quantitative estimate of drug-likeness (QED) is 0.260. The van der Waals surface area contributed by atoms with Crippen LogP contribution >= 0.6 is 0 Å². The van der Waals surface area contributed by atoms with Crippen LogP contribution in [0.25, 0.3) is 21.7 Å². The van der Waals surface area contributed by atoms with Crippen LogP contribution in [0.2, 0.25) is 0 Å². The van der Waals surface area contributed by atoms with E-state index in [4.69, 9.17) is 4.42 Å². The molecule has 0 bridgehead atoms. The topological polar surface area (TPSA) is 79.6 Å². The molecule has 1 aliphatic rings. The molecule has 0 spiro atoms. The van der Waals surface area contributed by atoms with Crippen molar-refractivity contribution in [2.45, 2.75) is 30.6 Å². The zero-order chi connectivity index (χ0) is 26.8. The number of hydrogen-bond acceptors (Lipinski definition) is 4. The first-order chi connectivity index (χ1) is 19.0. The first kappa shape index (κ1) is 25.3. The Kier molecular flexibility index (Phi) is 6.94. The number of fused-ring (bicyclic) bond motifs is 3. The van der Waals surface area contributed by atoms with Gasteiger partial charge in [0.15, 0.2) is 0 Å². The van der Waals surface area contributed by atoms with Gasteiger partial charge in [-0.3, -0.25) is 4.79 Å². The lowest BCUT2D eigenvalue weighted by atomic mass is 9.91. The van der Waals surface area contributed by atoms with Crippen molar-refractivity contribution in [3.05, 3.63) is 108 Å². The van der Waals surface area contributed by atoms with Crippen LogP contribution in [-0.4, -0.2) is 31.7 Å². The van der Waals surface area contributed by atoms with Crippen LogP contribution < -0.4 is 5.32 Å². The Morgan fingerprint density at radius 1 is 0.872 bits per heavy atom. The Morgan fingerprint density at radius 2 is 1.59 bits per heavy atom. The summed E-state index contributed by atoms with van der Waals surface area (Å²) in [4.78, 5) is 13.1. The van der Waals surface area contributed by atoms with Gasteiger partial charge in [-0.05, 0) is 71.8 Å². The minimum atomic E-state index is -3.58. The molecule has 5 aromatic rings. The molecule has 198 valence electrons. The van der Waals surface area contributed by atoms with E-state index in [1.54, 1.807) is 34.8 Å². The first-order valence-corrected chi connectivity index (χ1v) is 14.7. The molecule has 0 atom stereocenters. The number of rotatable bonds is 7. The average molecular weight is 539 g/mol. The molecule has 39 heavy (non-hydrogen) atoms. The van der Waals surface area contributed by atoms with E-state index < -0.39 is 10.0 Å². The van der Waals surface area contributed by atoms with E-state index in [0.717, 1.165) is 46.6 Å². The number of furan rings is 1. The Bertz CT molecular complexity index is 1720. The summed E-state index contributed by atoms with van der Waals surface area (Å²) in [5.74, 6) is 0.295. The van der Waals surface area contributed by atoms with Crippen molar-refractivity contribution in [2.75, 3.05) is 18.4 Å². The third kappa shape index (κ3) is 5.33. The molecule has 2 heterocycles. The zero-order valence-corrected chi connectivity index (χ0v) is 22.4. The zero-order valence-electron chi connectivity index (χ0n) is 21.5. The molecular weight excluding hydrogens is 508 g/mol. The molecule has 1 aliphatic heterocycles. The second-order valence-corrected chi connectivity index (χ2v) is 12.1. The fourth-order valence-corrected chi connectivity index (χ4v) is 7.01. The van der Waals surface area contributed by atoms with E-state index in [2.05, 4.69) is 17.4 Å². The lowest BCUT2D eigenvalue weighted by Crippen LogP contribution is -2.38. The van der Waals surface area contributed by atoms with Gasteiger partial charge < -0.3 is 9.73 Å². The molecule has 1 saturated heterocycles. The van der Waals surface area contributed by atoms with Crippen LogP contribution in [0.5, 0.6) is 0 Å². The number of anilines is 1. The Morgan fingerprint density at radius 3 is 2.36 bits per heavy atom. The molecule has 0 unspecified atom stereocenters. The summed E-state index contributed by atoms with van der Waals surface area (Å²) in [5.41, 5.74) is 3.41. The van der Waals surface area contributed by atoms with E-state index in [1.165, 1.54) is 5.56 Å². The van der Waals surface area contributed by atoms with Gasteiger partial charge in [-0.25, -0.2) is 8.42 Å². The lowest BCUT2D eigenvalue weighted by molar-refractivity contribution is -0.115. The van der Waals surface area contributed by atoms with Crippen LogP contribution in [-0.2, 0) is 27.7 Å². The molecule has 6 rings (SSSR count). The molecule has 1 amide bonds. The van der Waals surface area contributed by atoms with E-state index in [-0.39, 0.29) is 17.2 Å². The minimum absolute atomic E-state index is 0.152. The molecule has 0 radical (unpaired) electrons. The van der Waals surface area contributed by atoms with Crippen LogP contribution in [0, 0.1) is 5.92 Å². The summed E-state index contributed by atoms with van der Waals surface area (Å²) >= 11 is 0. The number of sulfonamides is 1. The summed E-state index contributed by atoms with van der Waals surface area (Å²) in [6.07, 6.45) is 4.46. The maximum atomic E-state index is 13.3. The molecule has 7 heteroatoms. The largest absolute Gasteiger partial charge is 0.464 e. The highest BCUT2D eigenvalue weighted by Gasteiger charge is 2.29. The highest BCUT2D eigenvalue weighted by molar-refractivity contribution is 7.89. The number of hydrogen-bond donors (Lipinski definition) is 1. The summed E-state index contributed by atoms with van der Waals surface area (Å²) in [6, 6.07) is 28.7. The molecule has 1 aromatic heterocycles. The third-order valence-electron chi connectivity index (χ3n) is 7.61. The Balaban J connectivity index is 1.09. The lowest BCUT2D eigenvalue weighted by Gasteiger charge is -2.31. The van der Waals surface area contributed by atoms with Gasteiger partial charge in [-0.1, -0.05) is 60.7 Å². The van der Waals surface area contributed by atoms with Crippen molar-refractivity contribution in [3.8, 4) is 0 Å². The predicted octanol–water partition coefficient (Wildman–Crippen LogP) is 6.41. The van der Waals surface area contributed by atoms with Crippen molar-refractivity contribution in [1.29, 1.82) is 0 Å². The number of piperidine rings is 1. The van der Waals surface area contributed by atoms with Gasteiger partial charge in [0.2, 0.25) is 15.9 Å². The van der Waals surface area contributed by atoms with E-state index in [0.29, 0.717) is 24.7 Å². The van der Waals surface area contributed by atoms with Crippen LogP contribution in [0.1, 0.15) is 24.0 Å². The Labute approximate surface area is 228 Å². The van der Waals surface area contributed by atoms with Crippen molar-refractivity contribution in [3.63, 3.8) is 0 Å². The van der Waals surface area contributed by atoms with Crippen molar-refractivity contribution < 1.29 is 17.6 Å². The van der Waals surface area contributed by atoms with Crippen LogP contribution in [0.15, 0.2) is 107 Å². The molecule has 1 N–H and O–H groups in total. The van der Waals surface area contributed by atoms with Gasteiger partial charge in [0.1, 0.15) is 5.58 Å². The Hall–Kier alpha value is -3.94. The number of nitrogens with one attached hydrogen (secondary N) is 1. The second-order valence-electron chi connectivity index (χ2n) is 10.2. The highest BCUT2D eigenvalue weighted by atomic mass is 32.2. The second kappa shape index (κ2) is 10.7. The van der Waals surface area contributed by atoms with Crippen molar-refractivity contribution in [2.24, 2.45) is 5.92 Å². The normalized spacial score (nSPS) is 15.1. The number of carbonyl (C=O) groups is 1. The number of benzene rings is 4. The summed E-state index contributed by atoms with van der Waals surface area (Å²) in [5, 5.41) is 5.97. The first-order valence-electron chi connectivity index (χ1n) is 13.3. The maximum absolute atomic E-state index is 13.3. The predicted molar refractivity (Wildman–Crippen MR) is 154 cm³/mol. The molecule has 0 saturated carbocycles. The van der Waals surface area contributed by atoms with Crippen LogP contribution in [0.3, 0.4) is 0 Å². The van der Waals surface area contributed by atoms with Gasteiger partial charge >= 0.3 is 0 Å². The van der Waals surface area contributed by atoms with E-state index in [9.17, 15) is 13.2 Å². The molecule has 0 aliphatic carbocycles. The van der Waals surface area contributed by atoms with E-state index in [1.807, 2.05) is 54.6 Å². The minimum Gasteiger partial charge on any atom is -0.464 e. The molecular formula is C32H30N2O4S. The monoisotopic (exact) mass is 538 g/mol. The van der Waals surface area contributed by atoms with E-state index >= 15 is 0 Å². The smallest absolute Gasteiger partial charge is 0.243 e. The molecule has 6 nitrogen and oxygen atoms in total. The van der Waals surface area contributed by atoms with Gasteiger partial charge in [-0.2, -0.15) is 4.31 Å². The van der Waals surface area contributed by atoms with Gasteiger partial charge in [0.05, 0.1) is 17.6 Å². The van der Waals surface area contributed by atoms with Crippen LogP contribution in [0.4, 0.5) is 5.69 Å². The van der Waals surface area contributed by atoms with Gasteiger partial charge in [0.25, 0.3) is 0 Å². The van der Waals surface area contributed by atoms with Gasteiger partial charge in [0, 0.05) is 29.7 Å². The molecule has 4 aromatic carbocycles. The fourth-order valence-electron chi connectivity index (χ4n) is 5.54. The highest BCUT2D eigenvalue weighted by Crippen LogP contribution is 2.31. The summed E-state index contributed by atoms with van der Waals surface area (Å²) in [6.45, 7) is 1.04. The number of nitrogens with zero attached hydrogens (tertiary/aromatic N) is 1. The standard InChI is InChI=1S/C32H30N2O4S/c35-31(21-26-22-38-30-15-10-25-8-4-5-9-29(25)32(26)30)33-27-11-13-28(14-12-27)39(36,37)34-18-16-24(17-19-34)20-23-6-2-1-3-7-23/h1-15,22,24H,16-21H2,(H,33,35). The summed E-state index contributed by atoms with van der Waals surface area (Å²) < 4.78 is 33.8.